The molecule has 0 radical (unpaired) electrons. The number of aromatic nitrogens is 2. The summed E-state index contributed by atoms with van der Waals surface area (Å²) in [5.74, 6) is 0.666. The van der Waals surface area contributed by atoms with Crippen LogP contribution in [0.15, 0.2) is 139 Å². The van der Waals surface area contributed by atoms with Gasteiger partial charge in [0.05, 0.1) is 61.9 Å². The lowest BCUT2D eigenvalue weighted by Crippen LogP contribution is -1.97. The fourth-order valence-corrected chi connectivity index (χ4v) is 8.99. The smallest absolute Gasteiger partial charge is 0.127 e. The van der Waals surface area contributed by atoms with Crippen molar-refractivity contribution < 1.29 is 20.1 Å². The number of ether oxygens (including phenoxy) is 1. The van der Waals surface area contributed by atoms with Crippen LogP contribution >= 0.6 is 11.3 Å². The third kappa shape index (κ3) is 10.9. The molecule has 336 valence electrons. The summed E-state index contributed by atoms with van der Waals surface area (Å²) >= 11 is 1.66. The lowest BCUT2D eigenvalue weighted by Gasteiger charge is -2.12. The van der Waals surface area contributed by atoms with Crippen LogP contribution < -0.4 is 4.74 Å². The lowest BCUT2D eigenvalue weighted by atomic mass is 9.98. The highest BCUT2D eigenvalue weighted by Crippen LogP contribution is 2.33. The highest BCUT2D eigenvalue weighted by Gasteiger charge is 2.13. The van der Waals surface area contributed by atoms with E-state index in [0.717, 1.165) is 88.4 Å². The van der Waals surface area contributed by atoms with E-state index in [2.05, 4.69) is 45.7 Å². The molecule has 9 rings (SSSR count). The molecular weight excluding hydrogens is 863 g/mol. The summed E-state index contributed by atoms with van der Waals surface area (Å²) in [5, 5.41) is 62.3. The average Bonchev–Trinajstić information content (AvgIpc) is 4.11. The molecule has 3 heterocycles. The molecule has 0 fully saturated rings. The number of benzene rings is 6. The number of aliphatic hydroxyl groups is 3. The molecular formula is C58H49N5O4S. The third-order valence-electron chi connectivity index (χ3n) is 11.5. The van der Waals surface area contributed by atoms with E-state index in [1.165, 1.54) is 4.70 Å². The Hall–Kier alpha value is -8.27. The van der Waals surface area contributed by atoms with E-state index in [1.54, 1.807) is 18.4 Å². The number of nitriles is 3. The minimum absolute atomic E-state index is 0.0224. The maximum Gasteiger partial charge on any atom is 0.127 e. The molecule has 68 heavy (non-hydrogen) atoms. The van der Waals surface area contributed by atoms with E-state index in [9.17, 15) is 31.1 Å². The first-order valence-corrected chi connectivity index (χ1v) is 22.6. The second kappa shape index (κ2) is 22.3. The van der Waals surface area contributed by atoms with Gasteiger partial charge < -0.3 is 30.0 Å². The fraction of sp³-hybridized carbons (Fsp3) is 0.121. The predicted molar refractivity (Wildman–Crippen MR) is 277 cm³/mol. The van der Waals surface area contributed by atoms with E-state index in [-0.39, 0.29) is 19.8 Å². The highest BCUT2D eigenvalue weighted by molar-refractivity contribution is 7.17. The first-order valence-electron chi connectivity index (χ1n) is 21.8. The van der Waals surface area contributed by atoms with Gasteiger partial charge in [-0.2, -0.15) is 15.8 Å². The number of hydrogen-bond donors (Lipinski definition) is 5. The molecule has 0 spiro atoms. The maximum absolute atomic E-state index is 9.62. The number of para-hydroxylation sites is 2. The number of aromatic amines is 2. The van der Waals surface area contributed by atoms with Gasteiger partial charge in [-0.3, -0.25) is 0 Å². The number of H-pyrrole nitrogens is 2. The van der Waals surface area contributed by atoms with Gasteiger partial charge in [0.25, 0.3) is 0 Å². The lowest BCUT2D eigenvalue weighted by molar-refractivity contribution is 0.273. The van der Waals surface area contributed by atoms with Crippen LogP contribution in [0.5, 0.6) is 5.75 Å². The van der Waals surface area contributed by atoms with E-state index < -0.39 is 0 Å². The number of aryl methyl sites for hydroxylation is 3. The molecule has 3 aromatic heterocycles. The summed E-state index contributed by atoms with van der Waals surface area (Å²) in [6, 6.07) is 46.1. The van der Waals surface area contributed by atoms with Crippen LogP contribution in [0.2, 0.25) is 0 Å². The average molecular weight is 912 g/mol. The Morgan fingerprint density at radius 2 is 1.09 bits per heavy atom. The molecule has 5 N–H and O–H groups in total. The maximum atomic E-state index is 9.62. The summed E-state index contributed by atoms with van der Waals surface area (Å²) in [4.78, 5) is 6.42. The van der Waals surface area contributed by atoms with Gasteiger partial charge in [-0.15, -0.1) is 11.3 Å². The molecule has 0 unspecified atom stereocenters. The van der Waals surface area contributed by atoms with Crippen molar-refractivity contribution in [3.63, 3.8) is 0 Å². The van der Waals surface area contributed by atoms with Crippen LogP contribution in [-0.2, 0) is 19.8 Å². The second-order valence-corrected chi connectivity index (χ2v) is 17.0. The van der Waals surface area contributed by atoms with Crippen molar-refractivity contribution >= 4 is 78.2 Å². The van der Waals surface area contributed by atoms with Crippen molar-refractivity contribution in [2.24, 2.45) is 0 Å². The van der Waals surface area contributed by atoms with Gasteiger partial charge in [0, 0.05) is 55.6 Å². The van der Waals surface area contributed by atoms with Gasteiger partial charge >= 0.3 is 0 Å². The summed E-state index contributed by atoms with van der Waals surface area (Å²) in [7, 11) is 1.58. The quantitative estimate of drug-likeness (QED) is 0.0849. The van der Waals surface area contributed by atoms with Crippen molar-refractivity contribution in [3.05, 3.63) is 206 Å². The molecule has 0 aliphatic carbocycles. The monoisotopic (exact) mass is 911 g/mol. The van der Waals surface area contributed by atoms with Crippen LogP contribution in [0.4, 0.5) is 0 Å². The number of allylic oxidation sites excluding steroid dienone is 3. The van der Waals surface area contributed by atoms with Crippen molar-refractivity contribution in [2.45, 2.75) is 40.6 Å². The Balaban J connectivity index is 0.000000151. The van der Waals surface area contributed by atoms with Gasteiger partial charge in [0.2, 0.25) is 0 Å². The molecule has 0 bridgehead atoms. The zero-order chi connectivity index (χ0) is 48.2. The molecule has 0 atom stereocenters. The predicted octanol–water partition coefficient (Wildman–Crippen LogP) is 12.8. The molecule has 6 aromatic carbocycles. The minimum atomic E-state index is -0.127. The Morgan fingerprint density at radius 1 is 0.559 bits per heavy atom. The molecule has 0 saturated heterocycles. The first-order chi connectivity index (χ1) is 33.1. The van der Waals surface area contributed by atoms with Crippen molar-refractivity contribution in [3.8, 4) is 24.0 Å². The van der Waals surface area contributed by atoms with Crippen molar-refractivity contribution in [1.29, 1.82) is 15.8 Å². The van der Waals surface area contributed by atoms with Crippen LogP contribution in [0.25, 0.3) is 66.8 Å². The molecule has 10 heteroatoms. The van der Waals surface area contributed by atoms with Gasteiger partial charge in [-0.1, -0.05) is 84.4 Å². The second-order valence-electron chi connectivity index (χ2n) is 16.1. The first kappa shape index (κ1) is 47.7. The summed E-state index contributed by atoms with van der Waals surface area (Å²) in [6.45, 7) is 5.65. The Kier molecular flexibility index (Phi) is 15.6. The van der Waals surface area contributed by atoms with Gasteiger partial charge in [0.1, 0.15) is 5.75 Å². The van der Waals surface area contributed by atoms with Crippen LogP contribution in [0, 0.1) is 54.8 Å². The summed E-state index contributed by atoms with van der Waals surface area (Å²) < 4.78 is 6.54. The Bertz CT molecular complexity index is 3490. The van der Waals surface area contributed by atoms with Gasteiger partial charge in [-0.25, -0.2) is 0 Å². The van der Waals surface area contributed by atoms with Crippen LogP contribution in [-0.4, -0.2) is 32.4 Å². The molecule has 9 aromatic rings. The summed E-state index contributed by atoms with van der Waals surface area (Å²) in [6.07, 6.45) is 9.48. The van der Waals surface area contributed by atoms with Crippen molar-refractivity contribution in [2.75, 3.05) is 7.11 Å². The number of rotatable bonds is 10. The normalized spacial score (nSPS) is 11.6. The fourth-order valence-electron chi connectivity index (χ4n) is 8.07. The zero-order valence-corrected chi connectivity index (χ0v) is 38.9. The number of thiophene rings is 1. The molecule has 0 amide bonds. The summed E-state index contributed by atoms with van der Waals surface area (Å²) in [5.41, 5.74) is 14.6. The molecule has 0 aliphatic heterocycles. The van der Waals surface area contributed by atoms with Gasteiger partial charge in [-0.05, 0) is 137 Å². The van der Waals surface area contributed by atoms with E-state index in [1.807, 2.05) is 161 Å². The highest BCUT2D eigenvalue weighted by atomic mass is 32.1. The van der Waals surface area contributed by atoms with Crippen LogP contribution in [0.1, 0.15) is 66.8 Å². The number of nitrogens with one attached hydrogen (secondary N) is 2. The van der Waals surface area contributed by atoms with Gasteiger partial charge in [0.15, 0.2) is 0 Å². The van der Waals surface area contributed by atoms with E-state index in [0.29, 0.717) is 28.0 Å². The standard InChI is InChI=1S/C20H17NO2S.2C19H16N2O/c1-13-7-14(8-16(11-22)20(13)23-2)15(10-21)9-17-12-24-19-6-4-3-5-18(17)19;1-13-6-14(12-22)8-15(7-13)16(10-20)9-17-11-21-19-5-3-2-4-18(17)19;1-13-6-7-14(8-17(13)12-22)15(10-20)9-16-11-21-19-5-3-2-4-18(16)19/h3-9,12,22H,11H2,1-2H3;2*2-9,11,21-22H,12H2,1H3/b15-9+;16-9+;15-9+. The topological polar surface area (TPSA) is 173 Å². The molecule has 0 aliphatic rings. The number of fused-ring (bicyclic) bond motifs is 3. The Morgan fingerprint density at radius 3 is 1.66 bits per heavy atom. The van der Waals surface area contributed by atoms with E-state index >= 15 is 0 Å². The van der Waals surface area contributed by atoms with E-state index in [4.69, 9.17) is 4.74 Å². The molecule has 9 nitrogen and oxygen atoms in total. The largest absolute Gasteiger partial charge is 0.496 e. The number of hydrogen-bond acceptors (Lipinski definition) is 8. The van der Waals surface area contributed by atoms with Crippen LogP contribution in [0.3, 0.4) is 0 Å². The van der Waals surface area contributed by atoms with Crippen molar-refractivity contribution in [1.82, 2.24) is 9.97 Å². The number of aliphatic hydroxyl groups excluding tert-OH is 3. The number of nitrogens with zero attached hydrogens (tertiary/aromatic N) is 3. The SMILES string of the molecule is COc1c(C)cc(/C(C#N)=C/c2csc3ccccc23)cc1CO.Cc1cc(CO)cc(/C(C#N)=C/c2c[nH]c3ccccc23)c1.Cc1ccc(/C(C#N)=C/c2c[nH]c3ccccc23)cc1CO. The molecule has 0 saturated carbocycles. The third-order valence-corrected chi connectivity index (χ3v) is 12.5. The zero-order valence-electron chi connectivity index (χ0n) is 38.1. The Labute approximate surface area is 399 Å². The minimum Gasteiger partial charge on any atom is -0.496 e. The number of methoxy groups -OCH3 is 1.